The quantitative estimate of drug-likeness (QED) is 0.114. The average Bonchev–Trinajstić information content (AvgIpc) is 3.99. The van der Waals surface area contributed by atoms with Crippen molar-refractivity contribution in [3.63, 3.8) is 0 Å². The summed E-state index contributed by atoms with van der Waals surface area (Å²) in [4.78, 5) is 9.74. The monoisotopic (exact) mass is 1180 g/mol. The van der Waals surface area contributed by atoms with E-state index < -0.39 is 5.41 Å². The van der Waals surface area contributed by atoms with Gasteiger partial charge in [-0.05, 0) is 103 Å². The normalized spacial score (nSPS) is 13.5. The van der Waals surface area contributed by atoms with Gasteiger partial charge >= 0.3 is 0 Å². The number of fused-ring (bicyclic) bond motifs is 3. The summed E-state index contributed by atoms with van der Waals surface area (Å²) in [5, 5.41) is 2.30. The topological polar surface area (TPSA) is 33.5 Å². The summed E-state index contributed by atoms with van der Waals surface area (Å²) in [7, 11) is 0. The van der Waals surface area contributed by atoms with E-state index in [0.717, 1.165) is 50.3 Å². The van der Waals surface area contributed by atoms with Crippen LogP contribution in [0, 0.1) is 18.8 Å². The summed E-state index contributed by atoms with van der Waals surface area (Å²) in [5.74, 6) is 2.63. The minimum atomic E-state index is -0.409. The first kappa shape index (κ1) is 54.1. The smallest absolute Gasteiger partial charge is 0.135 e. The van der Waals surface area contributed by atoms with Crippen LogP contribution in [0.5, 0.6) is 11.5 Å². The van der Waals surface area contributed by atoms with E-state index in [1.807, 2.05) is 6.20 Å². The summed E-state index contributed by atoms with van der Waals surface area (Å²) in [6.07, 6.45) is 4.26. The van der Waals surface area contributed by atoms with Crippen molar-refractivity contribution in [3.05, 3.63) is 239 Å². The number of ether oxygens (including phenoxy) is 1. The molecule has 0 atom stereocenters. The molecule has 392 valence electrons. The molecule has 9 aromatic rings. The Balaban J connectivity index is 0.00000706. The van der Waals surface area contributed by atoms with Gasteiger partial charge in [-0.15, -0.1) is 53.8 Å². The summed E-state index contributed by atoms with van der Waals surface area (Å²) in [6.45, 7) is 34.3. The SMILES string of the molecule is CC(C)c1cccc(C(C)C)c1C1=CN(c2cccc(C(C)(C)C)c2)[CH-]N1c1[c-]c(Oc2[c-]c3c(c(C(C)(C)C)c2)c2ccccc2n3-c2cc(C(C)(C)c3ccccc3)ccn2)cc(C(C)(C)c2ccccc2)c1.[Pt]. The van der Waals surface area contributed by atoms with Crippen molar-refractivity contribution in [1.82, 2.24) is 9.55 Å². The van der Waals surface area contributed by atoms with Gasteiger partial charge in [0.05, 0.1) is 0 Å². The van der Waals surface area contributed by atoms with Gasteiger partial charge in [0.15, 0.2) is 0 Å². The second-order valence-electron chi connectivity index (χ2n) is 24.3. The maximum absolute atomic E-state index is 7.33. The number of aromatic nitrogens is 2. The van der Waals surface area contributed by atoms with Gasteiger partial charge in [-0.25, -0.2) is 4.98 Å². The molecule has 0 saturated heterocycles. The first-order valence-corrected chi connectivity index (χ1v) is 26.8. The van der Waals surface area contributed by atoms with Gasteiger partial charge in [-0.3, -0.25) is 0 Å². The molecule has 0 aliphatic carbocycles. The predicted molar refractivity (Wildman–Crippen MR) is 316 cm³/mol. The molecule has 0 spiro atoms. The molecule has 5 nitrogen and oxygen atoms in total. The van der Waals surface area contributed by atoms with Crippen molar-refractivity contribution in [3.8, 4) is 17.3 Å². The number of benzene rings is 7. The fraction of sp³-hybridized carbons (Fsp3) is 0.286. The predicted octanol–water partition coefficient (Wildman–Crippen LogP) is 18.5. The third-order valence-corrected chi connectivity index (χ3v) is 15.6. The van der Waals surface area contributed by atoms with Crippen molar-refractivity contribution in [1.29, 1.82) is 0 Å². The molecule has 0 radical (unpaired) electrons. The molecular formula is C70H73N4OPt-3. The standard InChI is InChI=1S/C70H73N4O.Pt/c1-46(2)57-32-24-33-58(47(3)4)65(57)63-44-72(53-30-23-29-50(37-53)67(5,6)7)45-73(63)54-38-52(70(13,14)49-27-19-16-20-28-49)39-55(41-54)75-56-42-60(68(8,9)10)66-59-31-21-22-34-61(59)74(62(66)43-56)64-40-51(35-36-71-64)69(11,12)48-25-17-15-18-26-48;/h15-40,42,44-47H,1-14H3;/q-3;. The number of rotatable bonds is 12. The van der Waals surface area contributed by atoms with Gasteiger partial charge in [0.25, 0.3) is 0 Å². The first-order valence-electron chi connectivity index (χ1n) is 26.8. The minimum Gasteiger partial charge on any atom is -0.509 e. The van der Waals surface area contributed by atoms with Crippen LogP contribution in [0.25, 0.3) is 33.3 Å². The molecule has 0 saturated carbocycles. The zero-order chi connectivity index (χ0) is 53.2. The van der Waals surface area contributed by atoms with Crippen molar-refractivity contribution >= 4 is 38.9 Å². The Bertz CT molecular complexity index is 3560. The largest absolute Gasteiger partial charge is 0.509 e. The number of pyridine rings is 1. The summed E-state index contributed by atoms with van der Waals surface area (Å²) < 4.78 is 9.61. The first-order chi connectivity index (χ1) is 35.6. The van der Waals surface area contributed by atoms with E-state index in [9.17, 15) is 0 Å². The molecule has 2 aromatic heterocycles. The number of nitrogens with zero attached hydrogens (tertiary/aromatic N) is 4. The van der Waals surface area contributed by atoms with Crippen LogP contribution in [0.2, 0.25) is 0 Å². The van der Waals surface area contributed by atoms with Crippen LogP contribution >= 0.6 is 0 Å². The maximum Gasteiger partial charge on any atom is 0.135 e. The molecule has 7 aromatic carbocycles. The van der Waals surface area contributed by atoms with E-state index in [1.54, 1.807) is 0 Å². The Morgan fingerprint density at radius 2 is 1.12 bits per heavy atom. The van der Waals surface area contributed by atoms with Crippen LogP contribution < -0.4 is 14.5 Å². The number of para-hydroxylation sites is 1. The Kier molecular flexibility index (Phi) is 14.7. The van der Waals surface area contributed by atoms with E-state index in [0.29, 0.717) is 11.5 Å². The zero-order valence-electron chi connectivity index (χ0n) is 46.9. The summed E-state index contributed by atoms with van der Waals surface area (Å²) in [6, 6.07) is 64.8. The van der Waals surface area contributed by atoms with Gasteiger partial charge in [0.1, 0.15) is 5.82 Å². The van der Waals surface area contributed by atoms with Gasteiger partial charge in [-0.2, -0.15) is 0 Å². The fourth-order valence-corrected chi connectivity index (χ4v) is 10.9. The number of hydrogen-bond acceptors (Lipinski definition) is 4. The molecule has 6 heteroatoms. The molecular weight excluding hydrogens is 1110 g/mol. The Labute approximate surface area is 467 Å². The van der Waals surface area contributed by atoms with Crippen molar-refractivity contribution < 1.29 is 25.8 Å². The molecule has 76 heavy (non-hydrogen) atoms. The summed E-state index contributed by atoms with van der Waals surface area (Å²) in [5.41, 5.74) is 15.2. The Morgan fingerprint density at radius 1 is 0.539 bits per heavy atom. The molecule has 1 aliphatic rings. The van der Waals surface area contributed by atoms with E-state index in [-0.39, 0.29) is 49.1 Å². The molecule has 0 unspecified atom stereocenters. The van der Waals surface area contributed by atoms with Crippen molar-refractivity contribution in [2.45, 2.75) is 130 Å². The van der Waals surface area contributed by atoms with Gasteiger partial charge in [0.2, 0.25) is 0 Å². The van der Waals surface area contributed by atoms with Gasteiger partial charge in [0, 0.05) is 66.6 Å². The van der Waals surface area contributed by atoms with E-state index in [4.69, 9.17) is 9.72 Å². The minimum absolute atomic E-state index is 0. The number of hydrogen-bond donors (Lipinski definition) is 0. The average molecular weight is 1180 g/mol. The molecule has 0 fully saturated rings. The second-order valence-corrected chi connectivity index (χ2v) is 24.3. The molecule has 0 bridgehead atoms. The molecule has 3 heterocycles. The van der Waals surface area contributed by atoms with Crippen LogP contribution in [0.15, 0.2) is 170 Å². The molecule has 10 rings (SSSR count). The van der Waals surface area contributed by atoms with Gasteiger partial charge in [-0.1, -0.05) is 217 Å². The third kappa shape index (κ3) is 10.2. The third-order valence-electron chi connectivity index (χ3n) is 15.6. The zero-order valence-corrected chi connectivity index (χ0v) is 49.2. The summed E-state index contributed by atoms with van der Waals surface area (Å²) >= 11 is 0. The molecule has 0 N–H and O–H groups in total. The van der Waals surface area contributed by atoms with E-state index in [2.05, 4.69) is 294 Å². The number of anilines is 2. The van der Waals surface area contributed by atoms with Crippen LogP contribution in [0.4, 0.5) is 11.4 Å². The van der Waals surface area contributed by atoms with Gasteiger partial charge < -0.3 is 19.1 Å². The second kappa shape index (κ2) is 20.7. The Hall–Kier alpha value is -6.68. The van der Waals surface area contributed by atoms with E-state index >= 15 is 0 Å². The van der Waals surface area contributed by atoms with Crippen LogP contribution in [0.3, 0.4) is 0 Å². The fourth-order valence-electron chi connectivity index (χ4n) is 10.9. The van der Waals surface area contributed by atoms with E-state index in [1.165, 1.54) is 44.5 Å². The van der Waals surface area contributed by atoms with Crippen LogP contribution in [-0.4, -0.2) is 9.55 Å². The maximum atomic E-state index is 7.33. The molecule has 1 aliphatic heterocycles. The van der Waals surface area contributed by atoms with Crippen LogP contribution in [-0.2, 0) is 42.7 Å². The van der Waals surface area contributed by atoms with Crippen LogP contribution in [0.1, 0.15) is 159 Å². The van der Waals surface area contributed by atoms with Crippen molar-refractivity contribution in [2.75, 3.05) is 9.80 Å². The molecule has 0 amide bonds. The van der Waals surface area contributed by atoms with Crippen molar-refractivity contribution in [2.24, 2.45) is 0 Å². The Morgan fingerprint density at radius 3 is 1.74 bits per heavy atom.